The van der Waals surface area contributed by atoms with E-state index in [1.807, 2.05) is 0 Å². The first-order valence-electron chi connectivity index (χ1n) is 27.8. The highest BCUT2D eigenvalue weighted by Crippen LogP contribution is 2.30. The molecule has 0 aromatic rings. The maximum Gasteiger partial charge on any atom is 0.249 e. The Morgan fingerprint density at radius 1 is 0.507 bits per heavy atom. The Bertz CT molecular complexity index is 1220. The molecule has 2 aliphatic heterocycles. The van der Waals surface area contributed by atoms with Crippen LogP contribution in [0.2, 0.25) is 0 Å². The third-order valence-corrected chi connectivity index (χ3v) is 14.2. The summed E-state index contributed by atoms with van der Waals surface area (Å²) >= 11 is 0. The molecule has 0 radical (unpaired) electrons. The summed E-state index contributed by atoms with van der Waals surface area (Å²) in [7, 11) is 0. The summed E-state index contributed by atoms with van der Waals surface area (Å²) in [6.45, 7) is 4.70. The van der Waals surface area contributed by atoms with Crippen molar-refractivity contribution >= 4 is 5.91 Å². The number of amides is 1. The Hall–Kier alpha value is -1.09. The zero-order valence-electron chi connectivity index (χ0n) is 43.2. The summed E-state index contributed by atoms with van der Waals surface area (Å²) in [5.41, 5.74) is 0. The van der Waals surface area contributed by atoms with Crippen LogP contribution in [-0.2, 0) is 23.7 Å². The van der Waals surface area contributed by atoms with E-state index in [9.17, 15) is 55.9 Å². The molecule has 0 aromatic heterocycles. The van der Waals surface area contributed by atoms with E-state index in [4.69, 9.17) is 18.9 Å². The first kappa shape index (κ1) is 64.0. The van der Waals surface area contributed by atoms with Gasteiger partial charge in [0.2, 0.25) is 5.91 Å². The van der Waals surface area contributed by atoms with Crippen molar-refractivity contribution in [3.63, 3.8) is 0 Å². The van der Waals surface area contributed by atoms with Crippen LogP contribution in [0.5, 0.6) is 0 Å². The summed E-state index contributed by atoms with van der Waals surface area (Å²) in [5, 5.41) is 109. The number of carbonyl (C=O) groups is 1. The summed E-state index contributed by atoms with van der Waals surface area (Å²) in [6, 6.07) is -1.31. The van der Waals surface area contributed by atoms with Gasteiger partial charge in [-0.1, -0.05) is 207 Å². The minimum absolute atomic E-state index is 0.192. The Morgan fingerprint density at radius 3 is 1.33 bits per heavy atom. The molecule has 16 heteroatoms. The molecule has 0 aromatic carbocycles. The Balaban J connectivity index is 1.92. The van der Waals surface area contributed by atoms with Crippen LogP contribution in [0.1, 0.15) is 220 Å². The third kappa shape index (κ3) is 26.6. The third-order valence-electron chi connectivity index (χ3n) is 14.2. The van der Waals surface area contributed by atoms with Crippen molar-refractivity contribution in [3.8, 4) is 0 Å². The van der Waals surface area contributed by atoms with Crippen molar-refractivity contribution in [2.24, 2.45) is 5.92 Å². The van der Waals surface area contributed by atoms with Crippen molar-refractivity contribution in [2.45, 2.75) is 306 Å². The minimum Gasteiger partial charge on any atom is -0.394 e. The van der Waals surface area contributed by atoms with Gasteiger partial charge in [0.05, 0.1) is 32.0 Å². The molecule has 14 atom stereocenters. The van der Waals surface area contributed by atoms with E-state index in [1.54, 1.807) is 0 Å². The molecule has 1 amide bonds. The molecule has 0 saturated carbocycles. The largest absolute Gasteiger partial charge is 0.394 e. The van der Waals surface area contributed by atoms with Crippen molar-refractivity contribution < 1.29 is 74.8 Å². The fourth-order valence-corrected chi connectivity index (χ4v) is 9.50. The molecule has 410 valence electrons. The number of hydrogen-bond acceptors (Lipinski definition) is 15. The Morgan fingerprint density at radius 2 is 0.899 bits per heavy atom. The summed E-state index contributed by atoms with van der Waals surface area (Å²) in [6.07, 6.45) is 13.6. The van der Waals surface area contributed by atoms with Crippen LogP contribution in [0.3, 0.4) is 0 Å². The smallest absolute Gasteiger partial charge is 0.249 e. The van der Waals surface area contributed by atoms with E-state index < -0.39 is 111 Å². The van der Waals surface area contributed by atoms with Gasteiger partial charge in [-0.25, -0.2) is 0 Å². The molecule has 0 bridgehead atoms. The van der Waals surface area contributed by atoms with E-state index >= 15 is 0 Å². The number of aliphatic hydroxyl groups is 10. The van der Waals surface area contributed by atoms with Gasteiger partial charge in [-0.05, 0) is 18.8 Å². The van der Waals surface area contributed by atoms with E-state index in [-0.39, 0.29) is 12.8 Å². The second-order valence-corrected chi connectivity index (χ2v) is 20.8. The average molecular weight is 994 g/mol. The average Bonchev–Trinajstić information content (AvgIpc) is 3.33. The van der Waals surface area contributed by atoms with Crippen LogP contribution in [0, 0.1) is 5.92 Å². The number of aliphatic hydroxyl groups excluding tert-OH is 10. The van der Waals surface area contributed by atoms with Gasteiger partial charge in [-0.3, -0.25) is 4.79 Å². The number of unbranched alkanes of at least 4 members (excludes halogenated alkanes) is 26. The number of rotatable bonds is 43. The van der Waals surface area contributed by atoms with Crippen LogP contribution < -0.4 is 5.32 Å². The molecule has 2 rings (SSSR count). The van der Waals surface area contributed by atoms with Gasteiger partial charge >= 0.3 is 0 Å². The molecule has 2 saturated heterocycles. The summed E-state index contributed by atoms with van der Waals surface area (Å²) in [4.78, 5) is 13.4. The Labute approximate surface area is 416 Å². The predicted molar refractivity (Wildman–Crippen MR) is 266 cm³/mol. The molecule has 2 heterocycles. The molecule has 2 fully saturated rings. The first-order valence-corrected chi connectivity index (χ1v) is 27.8. The Kier molecular flexibility index (Phi) is 36.5. The van der Waals surface area contributed by atoms with Gasteiger partial charge in [-0.2, -0.15) is 0 Å². The van der Waals surface area contributed by atoms with Crippen LogP contribution in [0.25, 0.3) is 0 Å². The van der Waals surface area contributed by atoms with Gasteiger partial charge in [0.25, 0.3) is 0 Å². The zero-order chi connectivity index (χ0) is 50.8. The maximum atomic E-state index is 13.4. The van der Waals surface area contributed by atoms with Gasteiger partial charge in [0, 0.05) is 0 Å². The highest BCUT2D eigenvalue weighted by atomic mass is 16.8. The van der Waals surface area contributed by atoms with E-state index in [0.29, 0.717) is 12.8 Å². The molecule has 69 heavy (non-hydrogen) atoms. The molecular formula is C53H103NO15. The van der Waals surface area contributed by atoms with Gasteiger partial charge < -0.3 is 75.3 Å². The fourth-order valence-electron chi connectivity index (χ4n) is 9.50. The van der Waals surface area contributed by atoms with Crippen molar-refractivity contribution in [3.05, 3.63) is 0 Å². The highest BCUT2D eigenvalue weighted by molar-refractivity contribution is 5.80. The first-order chi connectivity index (χ1) is 33.3. The molecule has 2 aliphatic rings. The standard InChI is InChI=1S/C53H103NO15/c1-4-5-6-7-8-9-10-11-12-13-14-15-16-17-22-25-28-31-34-41(58)51(65)54-39(44(59)40(57)33-30-27-24-21-19-18-20-23-26-29-32-38(2)3)37-66-53-50(48(63)46(61)43(36-56)68-53)69-52-49(64)47(62)45(60)42(35-55)67-52/h38-50,52-53,55-64H,4-37H2,1-3H3,(H,54,65)/t39-,40+,41+,42+,43+,44-,45+,46-,47-,48-,49+,50+,52+,53-/m0/s1. The molecule has 0 aliphatic carbocycles. The SMILES string of the molecule is CCCCCCCCCCCCCCCCCCCC[C@@H](O)C(=O)N[C@@H](CO[C@H]1O[C@H](CO)[C@H](O)[C@H](O)[C@H]1O[C@H]1O[C@H](CO)[C@@H](O)[C@H](O)[C@H]1O)[C@H](O)[C@H](O)CCCCCCCCCCCCC(C)C. The fraction of sp³-hybridized carbons (Fsp3) is 0.981. The van der Waals surface area contributed by atoms with Crippen molar-refractivity contribution in [1.29, 1.82) is 0 Å². The minimum atomic E-state index is -1.87. The van der Waals surface area contributed by atoms with Crippen LogP contribution in [0.4, 0.5) is 0 Å². The van der Waals surface area contributed by atoms with Crippen LogP contribution in [0.15, 0.2) is 0 Å². The van der Waals surface area contributed by atoms with Crippen molar-refractivity contribution in [1.82, 2.24) is 5.32 Å². The van der Waals surface area contributed by atoms with E-state index in [2.05, 4.69) is 26.1 Å². The van der Waals surface area contributed by atoms with Gasteiger partial charge in [0.15, 0.2) is 12.6 Å². The number of ether oxygens (including phenoxy) is 4. The lowest BCUT2D eigenvalue weighted by molar-refractivity contribution is -0.368. The molecule has 0 spiro atoms. The van der Waals surface area contributed by atoms with Crippen molar-refractivity contribution in [2.75, 3.05) is 19.8 Å². The number of nitrogens with one attached hydrogen (secondary N) is 1. The lowest BCUT2D eigenvalue weighted by Crippen LogP contribution is -2.65. The molecule has 0 unspecified atom stereocenters. The highest BCUT2D eigenvalue weighted by Gasteiger charge is 2.51. The molecular weight excluding hydrogens is 891 g/mol. The summed E-state index contributed by atoms with van der Waals surface area (Å²) < 4.78 is 22.9. The lowest BCUT2D eigenvalue weighted by Gasteiger charge is -2.46. The normalized spacial score (nSPS) is 27.1. The predicted octanol–water partition coefficient (Wildman–Crippen LogP) is 5.96. The second-order valence-electron chi connectivity index (χ2n) is 20.8. The number of carbonyl (C=O) groups excluding carboxylic acids is 1. The molecule has 16 nitrogen and oxygen atoms in total. The van der Waals surface area contributed by atoms with Gasteiger partial charge in [0.1, 0.15) is 61.0 Å². The lowest BCUT2D eigenvalue weighted by atomic mass is 9.97. The molecule has 11 N–H and O–H groups in total. The second kappa shape index (κ2) is 39.4. The summed E-state index contributed by atoms with van der Waals surface area (Å²) in [5.74, 6) is -0.0241. The monoisotopic (exact) mass is 994 g/mol. The maximum absolute atomic E-state index is 13.4. The zero-order valence-corrected chi connectivity index (χ0v) is 43.2. The quantitative estimate of drug-likeness (QED) is 0.0315. The van der Waals surface area contributed by atoms with Gasteiger partial charge in [-0.15, -0.1) is 0 Å². The number of hydrogen-bond donors (Lipinski definition) is 11. The topological polar surface area (TPSA) is 268 Å². The van der Waals surface area contributed by atoms with Crippen LogP contribution in [-0.4, -0.2) is 163 Å². The van der Waals surface area contributed by atoms with Crippen LogP contribution >= 0.6 is 0 Å². The van der Waals surface area contributed by atoms with E-state index in [0.717, 1.165) is 57.3 Å². The van der Waals surface area contributed by atoms with E-state index in [1.165, 1.54) is 122 Å².